The predicted molar refractivity (Wildman–Crippen MR) is 93.1 cm³/mol. The van der Waals surface area contributed by atoms with Gasteiger partial charge < -0.3 is 5.32 Å². The SMILES string of the molecule is Cc1cc(C)cc(NC(=O)CN(c2ccc(F)c(F)c2)S(C)(=O)=O)c1. The highest BCUT2D eigenvalue weighted by molar-refractivity contribution is 7.92. The fraction of sp³-hybridized carbons (Fsp3) is 0.235. The van der Waals surface area contributed by atoms with Crippen molar-refractivity contribution in [2.75, 3.05) is 22.4 Å². The van der Waals surface area contributed by atoms with Crippen LogP contribution in [0.1, 0.15) is 11.1 Å². The first-order valence-corrected chi connectivity index (χ1v) is 9.22. The molecule has 0 aliphatic rings. The molecule has 1 N–H and O–H groups in total. The molecule has 0 bridgehead atoms. The van der Waals surface area contributed by atoms with Crippen LogP contribution in [0.4, 0.5) is 20.2 Å². The number of hydrogen-bond donors (Lipinski definition) is 1. The van der Waals surface area contributed by atoms with E-state index in [1.54, 1.807) is 12.1 Å². The first kappa shape index (κ1) is 18.9. The van der Waals surface area contributed by atoms with Crippen molar-refractivity contribution < 1.29 is 22.0 Å². The van der Waals surface area contributed by atoms with Gasteiger partial charge >= 0.3 is 0 Å². The molecule has 8 heteroatoms. The van der Waals surface area contributed by atoms with Crippen molar-refractivity contribution in [1.82, 2.24) is 0 Å². The molecule has 2 aromatic carbocycles. The summed E-state index contributed by atoms with van der Waals surface area (Å²) in [4.78, 5) is 12.2. The Labute approximate surface area is 145 Å². The van der Waals surface area contributed by atoms with Gasteiger partial charge in [-0.05, 0) is 49.2 Å². The number of halogens is 2. The molecule has 25 heavy (non-hydrogen) atoms. The summed E-state index contributed by atoms with van der Waals surface area (Å²) < 4.78 is 51.1. The van der Waals surface area contributed by atoms with Crippen LogP contribution in [0.25, 0.3) is 0 Å². The summed E-state index contributed by atoms with van der Waals surface area (Å²) in [5, 5.41) is 2.61. The molecule has 0 aliphatic heterocycles. The molecule has 5 nitrogen and oxygen atoms in total. The second-order valence-corrected chi connectivity index (χ2v) is 7.70. The zero-order valence-corrected chi connectivity index (χ0v) is 14.8. The zero-order valence-electron chi connectivity index (χ0n) is 14.0. The van der Waals surface area contributed by atoms with E-state index in [0.29, 0.717) is 9.99 Å². The monoisotopic (exact) mass is 368 g/mol. The Morgan fingerprint density at radius 3 is 2.16 bits per heavy atom. The smallest absolute Gasteiger partial charge is 0.245 e. The van der Waals surface area contributed by atoms with Gasteiger partial charge in [0.25, 0.3) is 0 Å². The van der Waals surface area contributed by atoms with E-state index >= 15 is 0 Å². The van der Waals surface area contributed by atoms with E-state index in [4.69, 9.17) is 0 Å². The Hall–Kier alpha value is -2.48. The number of hydrogen-bond acceptors (Lipinski definition) is 3. The van der Waals surface area contributed by atoms with Crippen molar-refractivity contribution in [3.8, 4) is 0 Å². The molecule has 134 valence electrons. The van der Waals surface area contributed by atoms with Crippen LogP contribution in [0, 0.1) is 25.5 Å². The molecular formula is C17H18F2N2O3S. The summed E-state index contributed by atoms with van der Waals surface area (Å²) in [6.45, 7) is 3.18. The van der Waals surface area contributed by atoms with Gasteiger partial charge in [0.05, 0.1) is 11.9 Å². The lowest BCUT2D eigenvalue weighted by molar-refractivity contribution is -0.114. The predicted octanol–water partition coefficient (Wildman–Crippen LogP) is 2.99. The van der Waals surface area contributed by atoms with Gasteiger partial charge in [-0.15, -0.1) is 0 Å². The van der Waals surface area contributed by atoms with Gasteiger partial charge in [-0.25, -0.2) is 17.2 Å². The summed E-state index contributed by atoms with van der Waals surface area (Å²) in [6, 6.07) is 8.06. The minimum atomic E-state index is -3.87. The van der Waals surface area contributed by atoms with Crippen molar-refractivity contribution in [3.63, 3.8) is 0 Å². The van der Waals surface area contributed by atoms with Crippen LogP contribution < -0.4 is 9.62 Å². The molecule has 0 spiro atoms. The number of carbonyl (C=O) groups is 1. The standard InChI is InChI=1S/C17H18F2N2O3S/c1-11-6-12(2)8-13(7-11)20-17(22)10-21(25(3,23)24)14-4-5-15(18)16(19)9-14/h4-9H,10H2,1-3H3,(H,20,22). The minimum absolute atomic E-state index is 0.128. The van der Waals surface area contributed by atoms with Crippen molar-refractivity contribution in [2.45, 2.75) is 13.8 Å². The number of nitrogens with one attached hydrogen (secondary N) is 1. The van der Waals surface area contributed by atoms with E-state index in [-0.39, 0.29) is 5.69 Å². The first-order valence-electron chi connectivity index (χ1n) is 7.37. The highest BCUT2D eigenvalue weighted by atomic mass is 32.2. The molecule has 0 fully saturated rings. The van der Waals surface area contributed by atoms with Crippen LogP contribution in [0.5, 0.6) is 0 Å². The van der Waals surface area contributed by atoms with Gasteiger partial charge in [-0.3, -0.25) is 9.10 Å². The van der Waals surface area contributed by atoms with Crippen LogP contribution in [0.3, 0.4) is 0 Å². The van der Waals surface area contributed by atoms with E-state index in [9.17, 15) is 22.0 Å². The number of nitrogens with zero attached hydrogens (tertiary/aromatic N) is 1. The van der Waals surface area contributed by atoms with Crippen LogP contribution in [0.2, 0.25) is 0 Å². The maximum Gasteiger partial charge on any atom is 0.245 e. The van der Waals surface area contributed by atoms with Crippen molar-refractivity contribution in [2.24, 2.45) is 0 Å². The summed E-state index contributed by atoms with van der Waals surface area (Å²) in [7, 11) is -3.87. The zero-order chi connectivity index (χ0) is 18.8. The average molecular weight is 368 g/mol. The lowest BCUT2D eigenvalue weighted by Gasteiger charge is -2.22. The average Bonchev–Trinajstić information content (AvgIpc) is 2.45. The quantitative estimate of drug-likeness (QED) is 0.882. The van der Waals surface area contributed by atoms with Crippen molar-refractivity contribution >= 4 is 27.3 Å². The number of anilines is 2. The molecule has 0 atom stereocenters. The van der Waals surface area contributed by atoms with Gasteiger partial charge in [0.1, 0.15) is 6.54 Å². The van der Waals surface area contributed by atoms with Gasteiger partial charge in [0.15, 0.2) is 11.6 Å². The molecule has 0 saturated heterocycles. The Balaban J connectivity index is 2.25. The lowest BCUT2D eigenvalue weighted by atomic mass is 10.1. The van der Waals surface area contributed by atoms with E-state index in [1.807, 2.05) is 19.9 Å². The number of sulfonamides is 1. The maximum absolute atomic E-state index is 13.4. The summed E-state index contributed by atoms with van der Waals surface area (Å²) in [5.74, 6) is -2.89. The van der Waals surface area contributed by atoms with Gasteiger partial charge in [0, 0.05) is 11.8 Å². The number of carbonyl (C=O) groups excluding carboxylic acids is 1. The second-order valence-electron chi connectivity index (χ2n) is 5.79. The summed E-state index contributed by atoms with van der Waals surface area (Å²) in [5.41, 5.74) is 2.28. The largest absolute Gasteiger partial charge is 0.324 e. The maximum atomic E-state index is 13.4. The second kappa shape index (κ2) is 7.18. The molecule has 0 aromatic heterocycles. The summed E-state index contributed by atoms with van der Waals surface area (Å²) in [6.07, 6.45) is 0.887. The Morgan fingerprint density at radius 1 is 1.04 bits per heavy atom. The first-order chi connectivity index (χ1) is 11.6. The molecule has 1 amide bonds. The Kier molecular flexibility index (Phi) is 5.42. The highest BCUT2D eigenvalue weighted by Gasteiger charge is 2.22. The van der Waals surface area contributed by atoms with E-state index < -0.39 is 34.1 Å². The Bertz CT molecular complexity index is 894. The minimum Gasteiger partial charge on any atom is -0.324 e. The Morgan fingerprint density at radius 2 is 1.64 bits per heavy atom. The fourth-order valence-electron chi connectivity index (χ4n) is 2.42. The summed E-state index contributed by atoms with van der Waals surface area (Å²) >= 11 is 0. The topological polar surface area (TPSA) is 66.5 Å². The van der Waals surface area contributed by atoms with Gasteiger partial charge in [-0.2, -0.15) is 0 Å². The third-order valence-electron chi connectivity index (χ3n) is 3.38. The fourth-order valence-corrected chi connectivity index (χ4v) is 3.27. The molecule has 0 unspecified atom stereocenters. The van der Waals surface area contributed by atoms with Gasteiger partial charge in [-0.1, -0.05) is 6.07 Å². The molecular weight excluding hydrogens is 350 g/mol. The molecule has 0 aliphatic carbocycles. The number of amides is 1. The third-order valence-corrected chi connectivity index (χ3v) is 4.52. The van der Waals surface area contributed by atoms with E-state index in [0.717, 1.165) is 35.6 Å². The number of rotatable bonds is 5. The van der Waals surface area contributed by atoms with Crippen molar-refractivity contribution in [1.29, 1.82) is 0 Å². The van der Waals surface area contributed by atoms with Gasteiger partial charge in [0.2, 0.25) is 15.9 Å². The van der Waals surface area contributed by atoms with Crippen LogP contribution >= 0.6 is 0 Å². The third kappa shape index (κ3) is 4.99. The van der Waals surface area contributed by atoms with Crippen molar-refractivity contribution in [3.05, 3.63) is 59.2 Å². The van der Waals surface area contributed by atoms with Crippen LogP contribution in [-0.4, -0.2) is 27.1 Å². The highest BCUT2D eigenvalue weighted by Crippen LogP contribution is 2.21. The molecule has 0 heterocycles. The van der Waals surface area contributed by atoms with E-state index in [2.05, 4.69) is 5.32 Å². The van der Waals surface area contributed by atoms with Crippen LogP contribution in [-0.2, 0) is 14.8 Å². The lowest BCUT2D eigenvalue weighted by Crippen LogP contribution is -2.37. The van der Waals surface area contributed by atoms with Crippen LogP contribution in [0.15, 0.2) is 36.4 Å². The number of benzene rings is 2. The number of aryl methyl sites for hydroxylation is 2. The molecule has 0 radical (unpaired) electrons. The molecule has 2 rings (SSSR count). The normalized spacial score (nSPS) is 11.2. The molecule has 0 saturated carbocycles. The van der Waals surface area contributed by atoms with E-state index in [1.165, 1.54) is 0 Å². The molecule has 2 aromatic rings.